The first kappa shape index (κ1) is 29.1. The van der Waals surface area contributed by atoms with E-state index in [1.807, 2.05) is 19.3 Å². The minimum absolute atomic E-state index is 0.138. The molecule has 1 atom stereocenters. The standard InChI is InChI=1S/C36H43N5O2/c1-4-26(2)36(43-33-19-14-28-10-8-9-11-29(28)24-33)39-35-34(37-25-41(35)32-12-6-5-7-13-32)27(3)38-30-15-17-31(18-16-30)40-20-22-42-23-21-40/h8-11,14-19,24-26,32H,4-7,12-13,20-23H2,1-3H3. The van der Waals surface area contributed by atoms with Gasteiger partial charge in [0, 0.05) is 30.7 Å². The van der Waals surface area contributed by atoms with Gasteiger partial charge in [-0.1, -0.05) is 63.4 Å². The summed E-state index contributed by atoms with van der Waals surface area (Å²) >= 11 is 0. The normalized spacial score (nSPS) is 17.8. The molecule has 224 valence electrons. The summed E-state index contributed by atoms with van der Waals surface area (Å²) in [7, 11) is 0. The fourth-order valence-electron chi connectivity index (χ4n) is 6.02. The number of aromatic nitrogens is 2. The minimum atomic E-state index is 0.138. The first-order chi connectivity index (χ1) is 21.1. The van der Waals surface area contributed by atoms with Crippen molar-refractivity contribution in [3.05, 3.63) is 78.8 Å². The van der Waals surface area contributed by atoms with E-state index in [0.29, 0.717) is 11.9 Å². The molecule has 0 N–H and O–H groups in total. The van der Waals surface area contributed by atoms with Gasteiger partial charge in [0.2, 0.25) is 0 Å². The minimum Gasteiger partial charge on any atom is -0.443 e. The van der Waals surface area contributed by atoms with Gasteiger partial charge in [-0.05, 0) is 73.4 Å². The largest absolute Gasteiger partial charge is 0.443 e. The van der Waals surface area contributed by atoms with Crippen LogP contribution in [0, 0.1) is 5.92 Å². The summed E-state index contributed by atoms with van der Waals surface area (Å²) in [4.78, 5) is 17.6. The van der Waals surface area contributed by atoms with Gasteiger partial charge in [-0.2, -0.15) is 4.99 Å². The third kappa shape index (κ3) is 6.83. The number of anilines is 1. The Morgan fingerprint density at radius 2 is 1.70 bits per heavy atom. The molecule has 1 aromatic heterocycles. The molecule has 0 bridgehead atoms. The van der Waals surface area contributed by atoms with Crippen molar-refractivity contribution in [2.24, 2.45) is 15.9 Å². The molecule has 1 aliphatic carbocycles. The molecule has 7 nitrogen and oxygen atoms in total. The molecule has 0 spiro atoms. The molecule has 0 radical (unpaired) electrons. The lowest BCUT2D eigenvalue weighted by atomic mass is 9.95. The van der Waals surface area contributed by atoms with Gasteiger partial charge in [-0.15, -0.1) is 0 Å². The Labute approximate surface area is 255 Å². The summed E-state index contributed by atoms with van der Waals surface area (Å²) in [5.74, 6) is 2.49. The van der Waals surface area contributed by atoms with Gasteiger partial charge in [0.25, 0.3) is 0 Å². The lowest BCUT2D eigenvalue weighted by molar-refractivity contribution is 0.122. The molecule has 1 aliphatic heterocycles. The van der Waals surface area contributed by atoms with E-state index in [4.69, 9.17) is 24.4 Å². The summed E-state index contributed by atoms with van der Waals surface area (Å²) in [6, 6.07) is 23.4. The highest BCUT2D eigenvalue weighted by Gasteiger charge is 2.24. The summed E-state index contributed by atoms with van der Waals surface area (Å²) in [6.45, 7) is 9.77. The number of benzene rings is 3. The Hall–Kier alpha value is -3.97. The first-order valence-corrected chi connectivity index (χ1v) is 15.9. The Bertz CT molecular complexity index is 1580. The average Bonchev–Trinajstić information content (AvgIpc) is 3.49. The van der Waals surface area contributed by atoms with E-state index in [-0.39, 0.29) is 5.92 Å². The number of imidazole rings is 1. The van der Waals surface area contributed by atoms with Gasteiger partial charge in [0.05, 0.1) is 30.9 Å². The zero-order chi connectivity index (χ0) is 29.6. The highest BCUT2D eigenvalue weighted by atomic mass is 16.5. The average molecular weight is 578 g/mol. The second kappa shape index (κ2) is 13.6. The molecule has 3 aromatic carbocycles. The van der Waals surface area contributed by atoms with E-state index in [9.17, 15) is 0 Å². The molecule has 2 heterocycles. The van der Waals surface area contributed by atoms with Gasteiger partial charge in [0.15, 0.2) is 11.7 Å². The Balaban J connectivity index is 1.35. The topological polar surface area (TPSA) is 64.2 Å². The van der Waals surface area contributed by atoms with Crippen LogP contribution < -0.4 is 9.64 Å². The van der Waals surface area contributed by atoms with Crippen LogP contribution >= 0.6 is 0 Å². The lowest BCUT2D eigenvalue weighted by Gasteiger charge is -2.28. The third-order valence-corrected chi connectivity index (χ3v) is 8.79. The summed E-state index contributed by atoms with van der Waals surface area (Å²) < 4.78 is 14.4. The molecule has 2 fully saturated rings. The zero-order valence-electron chi connectivity index (χ0n) is 25.7. The van der Waals surface area contributed by atoms with Gasteiger partial charge in [-0.3, -0.25) is 4.99 Å². The van der Waals surface area contributed by atoms with Crippen molar-refractivity contribution >= 4 is 39.6 Å². The maximum atomic E-state index is 6.57. The Kier molecular flexibility index (Phi) is 9.18. The quantitative estimate of drug-likeness (QED) is 0.155. The van der Waals surface area contributed by atoms with Crippen molar-refractivity contribution in [3.63, 3.8) is 0 Å². The highest BCUT2D eigenvalue weighted by molar-refractivity contribution is 6.03. The molecule has 7 heteroatoms. The first-order valence-electron chi connectivity index (χ1n) is 15.9. The molecule has 43 heavy (non-hydrogen) atoms. The number of rotatable bonds is 8. The Morgan fingerprint density at radius 3 is 2.44 bits per heavy atom. The summed E-state index contributed by atoms with van der Waals surface area (Å²) in [5.41, 5.74) is 3.77. The number of morpholine rings is 1. The maximum absolute atomic E-state index is 6.57. The predicted molar refractivity (Wildman–Crippen MR) is 177 cm³/mol. The monoisotopic (exact) mass is 577 g/mol. The molecule has 4 aromatic rings. The number of hydrogen-bond acceptors (Lipinski definition) is 6. The predicted octanol–water partition coefficient (Wildman–Crippen LogP) is 8.67. The zero-order valence-corrected chi connectivity index (χ0v) is 25.7. The van der Waals surface area contributed by atoms with Crippen LogP contribution in [0.15, 0.2) is 83.0 Å². The number of aliphatic imine (C=N–C) groups is 2. The van der Waals surface area contributed by atoms with Crippen LogP contribution in [-0.4, -0.2) is 47.5 Å². The molecule has 1 unspecified atom stereocenters. The van der Waals surface area contributed by atoms with Gasteiger partial charge in [0.1, 0.15) is 11.4 Å². The van der Waals surface area contributed by atoms with E-state index >= 15 is 0 Å². The maximum Gasteiger partial charge on any atom is 0.199 e. The highest BCUT2D eigenvalue weighted by Crippen LogP contribution is 2.35. The van der Waals surface area contributed by atoms with Crippen LogP contribution in [0.4, 0.5) is 17.2 Å². The molecule has 1 saturated heterocycles. The van der Waals surface area contributed by atoms with Crippen LogP contribution in [0.2, 0.25) is 0 Å². The molecule has 1 saturated carbocycles. The van der Waals surface area contributed by atoms with E-state index in [1.165, 1.54) is 30.3 Å². The van der Waals surface area contributed by atoms with Crippen LogP contribution in [0.1, 0.15) is 71.0 Å². The van der Waals surface area contributed by atoms with Gasteiger partial charge >= 0.3 is 0 Å². The van der Waals surface area contributed by atoms with E-state index in [2.05, 4.69) is 84.0 Å². The Morgan fingerprint density at radius 1 is 0.953 bits per heavy atom. The van der Waals surface area contributed by atoms with E-state index < -0.39 is 0 Å². The fourth-order valence-corrected chi connectivity index (χ4v) is 6.02. The smallest absolute Gasteiger partial charge is 0.199 e. The number of ether oxygens (including phenoxy) is 2. The molecular weight excluding hydrogens is 534 g/mol. The summed E-state index contributed by atoms with van der Waals surface area (Å²) in [5, 5.41) is 2.35. The van der Waals surface area contributed by atoms with Crippen molar-refractivity contribution in [1.82, 2.24) is 9.55 Å². The number of fused-ring (bicyclic) bond motifs is 1. The molecule has 0 amide bonds. The molecule has 6 rings (SSSR count). The van der Waals surface area contributed by atoms with Crippen molar-refractivity contribution < 1.29 is 9.47 Å². The van der Waals surface area contributed by atoms with Crippen molar-refractivity contribution in [2.75, 3.05) is 31.2 Å². The van der Waals surface area contributed by atoms with Crippen molar-refractivity contribution in [3.8, 4) is 5.75 Å². The fraction of sp³-hybridized carbons (Fsp3) is 0.417. The van der Waals surface area contributed by atoms with E-state index in [0.717, 1.165) is 79.6 Å². The third-order valence-electron chi connectivity index (χ3n) is 8.79. The number of nitrogens with zero attached hydrogens (tertiary/aromatic N) is 5. The van der Waals surface area contributed by atoms with Crippen LogP contribution in [0.25, 0.3) is 10.8 Å². The summed E-state index contributed by atoms with van der Waals surface area (Å²) in [6.07, 6.45) is 8.92. The molecular formula is C36H43N5O2. The van der Waals surface area contributed by atoms with Crippen LogP contribution in [0.5, 0.6) is 5.75 Å². The van der Waals surface area contributed by atoms with Crippen LogP contribution in [-0.2, 0) is 4.74 Å². The SMILES string of the molecule is CCC(C)C(=Nc1c(C(C)=Nc2ccc(N3CCOCC3)cc2)ncn1C1CCCCC1)Oc1ccc2ccccc2c1. The van der Waals surface area contributed by atoms with Crippen molar-refractivity contribution in [1.29, 1.82) is 0 Å². The van der Waals surface area contributed by atoms with Gasteiger partial charge < -0.3 is 18.9 Å². The lowest BCUT2D eigenvalue weighted by Crippen LogP contribution is -2.36. The van der Waals surface area contributed by atoms with Gasteiger partial charge in [-0.25, -0.2) is 4.98 Å². The van der Waals surface area contributed by atoms with Crippen molar-refractivity contribution in [2.45, 2.75) is 65.3 Å². The second-order valence-corrected chi connectivity index (χ2v) is 11.8. The van der Waals surface area contributed by atoms with E-state index in [1.54, 1.807) is 0 Å². The number of hydrogen-bond donors (Lipinski definition) is 0. The van der Waals surface area contributed by atoms with Crippen LogP contribution in [0.3, 0.4) is 0 Å². The second-order valence-electron chi connectivity index (χ2n) is 11.8. The molecule has 2 aliphatic rings.